The van der Waals surface area contributed by atoms with Gasteiger partial charge in [-0.2, -0.15) is 5.26 Å². The van der Waals surface area contributed by atoms with Gasteiger partial charge in [-0.1, -0.05) is 66.7 Å². The predicted octanol–water partition coefficient (Wildman–Crippen LogP) is 5.03. The molecule has 21 heavy (non-hydrogen) atoms. The molecule has 0 radical (unpaired) electrons. The molecule has 2 heteroatoms. The number of nitrogens with zero attached hydrogens (tertiary/aromatic N) is 1. The summed E-state index contributed by atoms with van der Waals surface area (Å²) in [5.41, 5.74) is 3.60. The molecule has 0 bridgehead atoms. The Morgan fingerprint density at radius 2 is 1.29 bits per heavy atom. The van der Waals surface area contributed by atoms with Crippen LogP contribution in [0, 0.1) is 17.1 Å². The summed E-state index contributed by atoms with van der Waals surface area (Å²) >= 11 is 0. The third-order valence-corrected chi connectivity index (χ3v) is 3.43. The Morgan fingerprint density at radius 1 is 0.667 bits per heavy atom. The molecule has 1 nitrogen and oxygen atoms in total. The maximum Gasteiger partial charge on any atom is 0.141 e. The minimum Gasteiger partial charge on any atom is -0.206 e. The van der Waals surface area contributed by atoms with Gasteiger partial charge in [0.2, 0.25) is 0 Å². The molecular weight excluding hydrogens is 261 g/mol. The highest BCUT2D eigenvalue weighted by Gasteiger charge is 2.13. The Labute approximate surface area is 122 Å². The van der Waals surface area contributed by atoms with Crippen LogP contribution in [0.15, 0.2) is 72.8 Å². The molecule has 0 N–H and O–H groups in total. The number of nitriles is 1. The van der Waals surface area contributed by atoms with Crippen LogP contribution >= 0.6 is 0 Å². The molecule has 100 valence electrons. The van der Waals surface area contributed by atoms with E-state index in [-0.39, 0.29) is 5.56 Å². The van der Waals surface area contributed by atoms with Gasteiger partial charge in [0, 0.05) is 5.56 Å². The molecule has 0 aliphatic carbocycles. The van der Waals surface area contributed by atoms with E-state index in [4.69, 9.17) is 0 Å². The predicted molar refractivity (Wildman–Crippen MR) is 82.0 cm³/mol. The molecule has 0 aliphatic rings. The molecule has 0 atom stereocenters. The highest BCUT2D eigenvalue weighted by atomic mass is 19.1. The van der Waals surface area contributed by atoms with Crippen molar-refractivity contribution in [3.63, 3.8) is 0 Å². The van der Waals surface area contributed by atoms with Crippen molar-refractivity contribution in [2.75, 3.05) is 0 Å². The molecule has 3 rings (SSSR count). The summed E-state index contributed by atoms with van der Waals surface area (Å²) in [6, 6.07) is 24.3. The second-order valence-corrected chi connectivity index (χ2v) is 4.69. The lowest BCUT2D eigenvalue weighted by Gasteiger charge is -2.11. The largest absolute Gasteiger partial charge is 0.206 e. The van der Waals surface area contributed by atoms with E-state index >= 15 is 0 Å². The topological polar surface area (TPSA) is 23.8 Å². The Bertz CT molecular complexity index is 816. The van der Waals surface area contributed by atoms with Gasteiger partial charge in [-0.05, 0) is 22.8 Å². The van der Waals surface area contributed by atoms with Gasteiger partial charge in [-0.3, -0.25) is 0 Å². The van der Waals surface area contributed by atoms with Gasteiger partial charge in [-0.25, -0.2) is 4.39 Å². The van der Waals surface area contributed by atoms with E-state index in [2.05, 4.69) is 0 Å². The first-order chi connectivity index (χ1) is 10.3. The maximum atomic E-state index is 13.8. The van der Waals surface area contributed by atoms with Crippen molar-refractivity contribution >= 4 is 0 Å². The van der Waals surface area contributed by atoms with Gasteiger partial charge in [0.05, 0.1) is 5.56 Å². The fourth-order valence-electron chi connectivity index (χ4n) is 2.45. The summed E-state index contributed by atoms with van der Waals surface area (Å²) in [6.07, 6.45) is 0. The zero-order chi connectivity index (χ0) is 14.7. The standard InChI is InChI=1S/C19H12FN/c20-19-12-6-11-17(18(19)13-21)16-10-5-4-9-15(16)14-7-2-1-3-8-14/h1-12H. The Balaban J connectivity index is 2.27. The van der Waals surface area contributed by atoms with Crippen molar-refractivity contribution in [2.45, 2.75) is 0 Å². The van der Waals surface area contributed by atoms with Crippen LogP contribution in [-0.2, 0) is 0 Å². The lowest BCUT2D eigenvalue weighted by Crippen LogP contribution is -1.91. The van der Waals surface area contributed by atoms with E-state index in [1.54, 1.807) is 12.1 Å². The SMILES string of the molecule is N#Cc1c(F)cccc1-c1ccccc1-c1ccccc1. The van der Waals surface area contributed by atoms with E-state index in [9.17, 15) is 9.65 Å². The van der Waals surface area contributed by atoms with Crippen molar-refractivity contribution in [3.8, 4) is 28.3 Å². The summed E-state index contributed by atoms with van der Waals surface area (Å²) in [5, 5.41) is 9.23. The quantitative estimate of drug-likeness (QED) is 0.642. The smallest absolute Gasteiger partial charge is 0.141 e. The van der Waals surface area contributed by atoms with Gasteiger partial charge in [0.25, 0.3) is 0 Å². The summed E-state index contributed by atoms with van der Waals surface area (Å²) in [6.45, 7) is 0. The molecule has 3 aromatic rings. The average molecular weight is 273 g/mol. The van der Waals surface area contributed by atoms with Crippen LogP contribution in [0.25, 0.3) is 22.3 Å². The van der Waals surface area contributed by atoms with Gasteiger partial charge < -0.3 is 0 Å². The molecule has 0 fully saturated rings. The summed E-state index contributed by atoms with van der Waals surface area (Å²) in [5.74, 6) is -0.488. The van der Waals surface area contributed by atoms with Crippen molar-refractivity contribution in [1.82, 2.24) is 0 Å². The maximum absolute atomic E-state index is 13.8. The molecule has 0 aromatic heterocycles. The van der Waals surface area contributed by atoms with Crippen LogP contribution in [0.3, 0.4) is 0 Å². The highest BCUT2D eigenvalue weighted by Crippen LogP contribution is 2.34. The molecule has 0 unspecified atom stereocenters. The van der Waals surface area contributed by atoms with Gasteiger partial charge in [-0.15, -0.1) is 0 Å². The first-order valence-corrected chi connectivity index (χ1v) is 6.64. The second-order valence-electron chi connectivity index (χ2n) is 4.69. The van der Waals surface area contributed by atoms with Crippen LogP contribution in [0.5, 0.6) is 0 Å². The van der Waals surface area contributed by atoms with Crippen molar-refractivity contribution in [1.29, 1.82) is 5.26 Å². The molecule has 0 aliphatic heterocycles. The lowest BCUT2D eigenvalue weighted by molar-refractivity contribution is 0.624. The van der Waals surface area contributed by atoms with Crippen LogP contribution < -0.4 is 0 Å². The normalized spacial score (nSPS) is 10.1. The van der Waals surface area contributed by atoms with E-state index in [0.717, 1.165) is 16.7 Å². The number of hydrogen-bond donors (Lipinski definition) is 0. The molecule has 0 saturated carbocycles. The number of halogens is 1. The van der Waals surface area contributed by atoms with E-state index in [0.29, 0.717) is 5.56 Å². The summed E-state index contributed by atoms with van der Waals surface area (Å²) in [4.78, 5) is 0. The highest BCUT2D eigenvalue weighted by molar-refractivity contribution is 5.85. The first-order valence-electron chi connectivity index (χ1n) is 6.64. The van der Waals surface area contributed by atoms with Crippen LogP contribution in [0.4, 0.5) is 4.39 Å². The molecule has 0 heterocycles. The fourth-order valence-corrected chi connectivity index (χ4v) is 2.45. The van der Waals surface area contributed by atoms with Crippen molar-refractivity contribution in [3.05, 3.63) is 84.2 Å². The third kappa shape index (κ3) is 2.42. The van der Waals surface area contributed by atoms with Gasteiger partial charge in [0.1, 0.15) is 11.9 Å². The Morgan fingerprint density at radius 3 is 2.00 bits per heavy atom. The Kier molecular flexibility index (Phi) is 3.49. The zero-order valence-electron chi connectivity index (χ0n) is 11.3. The third-order valence-electron chi connectivity index (χ3n) is 3.43. The Hall–Kier alpha value is -2.92. The second kappa shape index (κ2) is 5.60. The van der Waals surface area contributed by atoms with E-state index < -0.39 is 5.82 Å². The van der Waals surface area contributed by atoms with Crippen LogP contribution in [0.1, 0.15) is 5.56 Å². The average Bonchev–Trinajstić information content (AvgIpc) is 2.55. The lowest BCUT2D eigenvalue weighted by atomic mass is 9.92. The fraction of sp³-hybridized carbons (Fsp3) is 0. The molecule has 3 aromatic carbocycles. The summed E-state index contributed by atoms with van der Waals surface area (Å²) in [7, 11) is 0. The number of benzene rings is 3. The van der Waals surface area contributed by atoms with Crippen LogP contribution in [-0.4, -0.2) is 0 Å². The minimum atomic E-state index is -0.488. The zero-order valence-corrected chi connectivity index (χ0v) is 11.3. The minimum absolute atomic E-state index is 0.0841. The molecular formula is C19H12FN. The monoisotopic (exact) mass is 273 g/mol. The van der Waals surface area contributed by atoms with Crippen molar-refractivity contribution in [2.24, 2.45) is 0 Å². The molecule has 0 amide bonds. The first kappa shape index (κ1) is 13.1. The van der Waals surface area contributed by atoms with Gasteiger partial charge in [0.15, 0.2) is 0 Å². The van der Waals surface area contributed by atoms with Gasteiger partial charge >= 0.3 is 0 Å². The number of hydrogen-bond acceptors (Lipinski definition) is 1. The molecule has 0 saturated heterocycles. The summed E-state index contributed by atoms with van der Waals surface area (Å²) < 4.78 is 13.8. The molecule has 0 spiro atoms. The van der Waals surface area contributed by atoms with Crippen molar-refractivity contribution < 1.29 is 4.39 Å². The van der Waals surface area contributed by atoms with Crippen LogP contribution in [0.2, 0.25) is 0 Å². The van der Waals surface area contributed by atoms with E-state index in [1.807, 2.05) is 60.7 Å². The van der Waals surface area contributed by atoms with E-state index in [1.165, 1.54) is 6.07 Å². The number of rotatable bonds is 2.